The van der Waals surface area contributed by atoms with Gasteiger partial charge >= 0.3 is 0 Å². The van der Waals surface area contributed by atoms with Crippen LogP contribution in [0.1, 0.15) is 28.3 Å². The SMILES string of the molecule is CCc1ccc(C(Cc2cc(F)ccc2F)NC)s1. The van der Waals surface area contributed by atoms with E-state index in [-0.39, 0.29) is 11.9 Å². The molecule has 1 atom stereocenters. The highest BCUT2D eigenvalue weighted by Gasteiger charge is 2.15. The van der Waals surface area contributed by atoms with E-state index < -0.39 is 5.82 Å². The molecule has 0 aliphatic carbocycles. The number of thiophene rings is 1. The standard InChI is InChI=1S/C15H17F2NS/c1-3-12-5-7-15(19-12)14(18-2)9-10-8-11(16)4-6-13(10)17/h4-8,14,18H,3,9H2,1-2H3. The van der Waals surface area contributed by atoms with Crippen LogP contribution < -0.4 is 5.32 Å². The monoisotopic (exact) mass is 281 g/mol. The Morgan fingerprint density at radius 2 is 2.00 bits per heavy atom. The number of benzene rings is 1. The maximum Gasteiger partial charge on any atom is 0.126 e. The first-order chi connectivity index (χ1) is 9.13. The van der Waals surface area contributed by atoms with Gasteiger partial charge in [-0.25, -0.2) is 8.78 Å². The fourth-order valence-corrected chi connectivity index (χ4v) is 3.10. The Morgan fingerprint density at radius 3 is 2.63 bits per heavy atom. The summed E-state index contributed by atoms with van der Waals surface area (Å²) in [5, 5.41) is 3.17. The molecule has 0 spiro atoms. The summed E-state index contributed by atoms with van der Waals surface area (Å²) in [5.74, 6) is -0.749. The first-order valence-corrected chi connectivity index (χ1v) is 7.15. The molecule has 0 fully saturated rings. The van der Waals surface area contributed by atoms with Crippen LogP contribution in [0.4, 0.5) is 8.78 Å². The molecule has 0 radical (unpaired) electrons. The summed E-state index contributed by atoms with van der Waals surface area (Å²) in [7, 11) is 1.84. The van der Waals surface area contributed by atoms with Crippen molar-refractivity contribution >= 4 is 11.3 Å². The minimum Gasteiger partial charge on any atom is -0.312 e. The number of likely N-dealkylation sites (N-methyl/N-ethyl adjacent to an activating group) is 1. The molecule has 4 heteroatoms. The van der Waals surface area contributed by atoms with Crippen molar-refractivity contribution in [2.24, 2.45) is 0 Å². The maximum absolute atomic E-state index is 13.7. The van der Waals surface area contributed by atoms with Crippen molar-refractivity contribution in [2.45, 2.75) is 25.8 Å². The molecule has 0 amide bonds. The molecule has 0 bridgehead atoms. The molecule has 102 valence electrons. The molecule has 1 heterocycles. The Balaban J connectivity index is 2.21. The molecule has 1 aromatic heterocycles. The Kier molecular flexibility index (Phi) is 4.66. The third-order valence-corrected chi connectivity index (χ3v) is 4.50. The van der Waals surface area contributed by atoms with Crippen LogP contribution in [0.2, 0.25) is 0 Å². The van der Waals surface area contributed by atoms with Gasteiger partial charge in [-0.3, -0.25) is 0 Å². The third-order valence-electron chi connectivity index (χ3n) is 3.15. The van der Waals surface area contributed by atoms with Crippen LogP contribution in [-0.2, 0) is 12.8 Å². The van der Waals surface area contributed by atoms with Gasteiger partial charge in [-0.15, -0.1) is 11.3 Å². The van der Waals surface area contributed by atoms with E-state index >= 15 is 0 Å². The molecule has 1 nitrogen and oxygen atoms in total. The van der Waals surface area contributed by atoms with Gasteiger partial charge < -0.3 is 5.32 Å². The molecule has 0 aliphatic rings. The zero-order valence-electron chi connectivity index (χ0n) is 11.0. The maximum atomic E-state index is 13.7. The van der Waals surface area contributed by atoms with Crippen LogP contribution in [0.15, 0.2) is 30.3 Å². The Hall–Kier alpha value is -1.26. The van der Waals surface area contributed by atoms with Crippen LogP contribution in [-0.4, -0.2) is 7.05 Å². The fraction of sp³-hybridized carbons (Fsp3) is 0.333. The summed E-state index contributed by atoms with van der Waals surface area (Å²) in [5.41, 5.74) is 0.408. The summed E-state index contributed by atoms with van der Waals surface area (Å²) in [6.45, 7) is 2.11. The lowest BCUT2D eigenvalue weighted by atomic mass is 10.0. The second kappa shape index (κ2) is 6.26. The molecule has 1 aromatic carbocycles. The van der Waals surface area contributed by atoms with Crippen molar-refractivity contribution in [3.05, 3.63) is 57.3 Å². The number of halogens is 2. The van der Waals surface area contributed by atoms with Gasteiger partial charge in [0, 0.05) is 15.8 Å². The van der Waals surface area contributed by atoms with E-state index in [0.717, 1.165) is 17.4 Å². The van der Waals surface area contributed by atoms with E-state index in [2.05, 4.69) is 24.4 Å². The van der Waals surface area contributed by atoms with Crippen LogP contribution in [0, 0.1) is 11.6 Å². The Morgan fingerprint density at radius 1 is 1.21 bits per heavy atom. The summed E-state index contributed by atoms with van der Waals surface area (Å²) in [6.07, 6.45) is 1.44. The van der Waals surface area contributed by atoms with Crippen molar-refractivity contribution in [1.29, 1.82) is 0 Å². The van der Waals surface area contributed by atoms with Gasteiger partial charge in [-0.2, -0.15) is 0 Å². The minimum absolute atomic E-state index is 0.0154. The van der Waals surface area contributed by atoms with Gasteiger partial charge in [0.25, 0.3) is 0 Å². The van der Waals surface area contributed by atoms with Crippen LogP contribution >= 0.6 is 11.3 Å². The summed E-state index contributed by atoms with van der Waals surface area (Å²) < 4.78 is 26.8. The van der Waals surface area contributed by atoms with Crippen LogP contribution in [0.3, 0.4) is 0 Å². The van der Waals surface area contributed by atoms with Crippen molar-refractivity contribution < 1.29 is 8.78 Å². The first kappa shape index (κ1) is 14.2. The Bertz CT molecular complexity index is 551. The van der Waals surface area contributed by atoms with Crippen LogP contribution in [0.25, 0.3) is 0 Å². The number of hydrogen-bond acceptors (Lipinski definition) is 2. The normalized spacial score (nSPS) is 12.6. The lowest BCUT2D eigenvalue weighted by molar-refractivity contribution is 0.548. The van der Waals surface area contributed by atoms with Crippen molar-refractivity contribution in [1.82, 2.24) is 5.32 Å². The molecular weight excluding hydrogens is 264 g/mol. The van der Waals surface area contributed by atoms with Gasteiger partial charge in [0.2, 0.25) is 0 Å². The summed E-state index contributed by atoms with van der Waals surface area (Å²) in [4.78, 5) is 2.46. The summed E-state index contributed by atoms with van der Waals surface area (Å²) in [6, 6.07) is 7.76. The van der Waals surface area contributed by atoms with E-state index in [9.17, 15) is 8.78 Å². The lowest BCUT2D eigenvalue weighted by Gasteiger charge is -2.15. The van der Waals surface area contributed by atoms with Gasteiger partial charge in [-0.05, 0) is 55.8 Å². The highest BCUT2D eigenvalue weighted by atomic mass is 32.1. The quantitative estimate of drug-likeness (QED) is 0.870. The number of aryl methyl sites for hydroxylation is 1. The highest BCUT2D eigenvalue weighted by molar-refractivity contribution is 7.12. The molecule has 2 aromatic rings. The second-order valence-electron chi connectivity index (χ2n) is 4.44. The third kappa shape index (κ3) is 3.39. The van der Waals surface area contributed by atoms with Gasteiger partial charge in [0.1, 0.15) is 11.6 Å². The van der Waals surface area contributed by atoms with E-state index in [1.165, 1.54) is 17.0 Å². The molecule has 1 N–H and O–H groups in total. The van der Waals surface area contributed by atoms with Crippen molar-refractivity contribution in [2.75, 3.05) is 7.05 Å². The van der Waals surface area contributed by atoms with Crippen molar-refractivity contribution in [3.8, 4) is 0 Å². The second-order valence-corrected chi connectivity index (χ2v) is 5.64. The van der Waals surface area contributed by atoms with E-state index in [1.807, 2.05) is 7.05 Å². The molecule has 1 unspecified atom stereocenters. The molecule has 2 rings (SSSR count). The van der Waals surface area contributed by atoms with Crippen molar-refractivity contribution in [3.63, 3.8) is 0 Å². The average Bonchev–Trinajstić information content (AvgIpc) is 2.88. The first-order valence-electron chi connectivity index (χ1n) is 6.33. The topological polar surface area (TPSA) is 12.0 Å². The smallest absolute Gasteiger partial charge is 0.126 e. The molecular formula is C15H17F2NS. The van der Waals surface area contributed by atoms with E-state index in [4.69, 9.17) is 0 Å². The molecule has 19 heavy (non-hydrogen) atoms. The Labute approximate surface area is 116 Å². The molecule has 0 aliphatic heterocycles. The average molecular weight is 281 g/mol. The largest absolute Gasteiger partial charge is 0.312 e. The zero-order chi connectivity index (χ0) is 13.8. The van der Waals surface area contributed by atoms with Gasteiger partial charge in [-0.1, -0.05) is 6.92 Å². The highest BCUT2D eigenvalue weighted by Crippen LogP contribution is 2.27. The van der Waals surface area contributed by atoms with Gasteiger partial charge in [0.05, 0.1) is 0 Å². The van der Waals surface area contributed by atoms with E-state index in [1.54, 1.807) is 11.3 Å². The minimum atomic E-state index is -0.397. The predicted octanol–water partition coefficient (Wildman–Crippen LogP) is 4.09. The van der Waals surface area contributed by atoms with E-state index in [0.29, 0.717) is 12.0 Å². The summed E-state index contributed by atoms with van der Waals surface area (Å²) >= 11 is 1.72. The van der Waals surface area contributed by atoms with Gasteiger partial charge in [0.15, 0.2) is 0 Å². The van der Waals surface area contributed by atoms with Crippen LogP contribution in [0.5, 0.6) is 0 Å². The predicted molar refractivity (Wildman–Crippen MR) is 75.6 cm³/mol. The number of hydrogen-bond donors (Lipinski definition) is 1. The molecule has 0 saturated carbocycles. The number of rotatable bonds is 5. The molecule has 0 saturated heterocycles. The number of nitrogens with one attached hydrogen (secondary N) is 1. The lowest BCUT2D eigenvalue weighted by Crippen LogP contribution is -2.18. The fourth-order valence-electron chi connectivity index (χ4n) is 2.04. The zero-order valence-corrected chi connectivity index (χ0v) is 11.9.